The second-order valence-electron chi connectivity index (χ2n) is 5.61. The number of nitrogen functional groups attached to an aromatic ring is 1. The molecule has 0 radical (unpaired) electrons. The van der Waals surface area contributed by atoms with Crippen molar-refractivity contribution in [1.29, 1.82) is 0 Å². The van der Waals surface area contributed by atoms with Crippen LogP contribution < -0.4 is 10.6 Å². The van der Waals surface area contributed by atoms with Gasteiger partial charge >= 0.3 is 0 Å². The number of hydrogen-bond acceptors (Lipinski definition) is 4. The number of anilines is 2. The number of fused-ring (bicyclic) bond motifs is 1. The Bertz CT molecular complexity index is 856. The Morgan fingerprint density at radius 1 is 1.12 bits per heavy atom. The van der Waals surface area contributed by atoms with Crippen molar-refractivity contribution >= 4 is 17.0 Å². The van der Waals surface area contributed by atoms with E-state index in [0.29, 0.717) is 13.2 Å². The molecule has 4 rings (SSSR count). The molecule has 5 nitrogen and oxygen atoms in total. The number of imidazole rings is 1. The Hall–Kier alpha value is -2.60. The lowest BCUT2D eigenvalue weighted by Gasteiger charge is -2.29. The summed E-state index contributed by atoms with van der Waals surface area (Å²) >= 11 is 0. The van der Waals surface area contributed by atoms with Crippen LogP contribution in [0.2, 0.25) is 0 Å². The quantitative estimate of drug-likeness (QED) is 0.723. The maximum Gasteiger partial charge on any atom is 0.160 e. The predicted octanol–water partition coefficient (Wildman–Crippen LogP) is 3.59. The molecule has 1 fully saturated rings. The lowest BCUT2D eigenvalue weighted by atomic mass is 10.1. The highest BCUT2D eigenvalue weighted by atomic mass is 19.1. The predicted molar refractivity (Wildman–Crippen MR) is 99.4 cm³/mol. The zero-order valence-corrected chi connectivity index (χ0v) is 14.6. The van der Waals surface area contributed by atoms with E-state index < -0.39 is 5.82 Å². The molecule has 1 aliphatic heterocycles. The minimum absolute atomic E-state index is 0.154. The third-order valence-corrected chi connectivity index (χ3v) is 4.15. The summed E-state index contributed by atoms with van der Waals surface area (Å²) in [7, 11) is 0. The van der Waals surface area contributed by atoms with Crippen LogP contribution in [0, 0.1) is 5.82 Å². The number of ether oxygens (including phenoxy) is 1. The van der Waals surface area contributed by atoms with Gasteiger partial charge in [-0.3, -0.25) is 0 Å². The van der Waals surface area contributed by atoms with Crippen molar-refractivity contribution in [2.24, 2.45) is 0 Å². The van der Waals surface area contributed by atoms with Gasteiger partial charge in [-0.2, -0.15) is 0 Å². The van der Waals surface area contributed by atoms with Gasteiger partial charge in [0.15, 0.2) is 5.65 Å². The fourth-order valence-corrected chi connectivity index (χ4v) is 2.93. The molecule has 0 spiro atoms. The first kappa shape index (κ1) is 17.2. The van der Waals surface area contributed by atoms with E-state index >= 15 is 0 Å². The van der Waals surface area contributed by atoms with Crippen molar-refractivity contribution in [1.82, 2.24) is 9.38 Å². The molecule has 1 saturated heterocycles. The van der Waals surface area contributed by atoms with Crippen LogP contribution in [-0.4, -0.2) is 35.7 Å². The third kappa shape index (κ3) is 3.44. The van der Waals surface area contributed by atoms with E-state index in [1.165, 1.54) is 6.07 Å². The minimum atomic E-state index is -0.397. The van der Waals surface area contributed by atoms with E-state index in [0.717, 1.165) is 35.6 Å². The second kappa shape index (κ2) is 7.53. The van der Waals surface area contributed by atoms with Gasteiger partial charge in [0.1, 0.15) is 5.82 Å². The topological polar surface area (TPSA) is 55.8 Å². The Labute approximate surface area is 146 Å². The number of morpholine rings is 1. The number of pyridine rings is 1. The van der Waals surface area contributed by atoms with E-state index in [2.05, 4.69) is 16.0 Å². The summed E-state index contributed by atoms with van der Waals surface area (Å²) in [5.74, 6) is -0.397. The van der Waals surface area contributed by atoms with E-state index in [9.17, 15) is 4.39 Å². The van der Waals surface area contributed by atoms with Crippen molar-refractivity contribution in [2.75, 3.05) is 36.9 Å². The maximum absolute atomic E-state index is 13.4. The Morgan fingerprint density at radius 3 is 2.60 bits per heavy atom. The van der Waals surface area contributed by atoms with Crippen LogP contribution in [0.1, 0.15) is 13.8 Å². The standard InChI is InChI=1S/C17H17FN4O.C2H6/c18-14-2-1-12(9-15(14)19)13-10-16(21-5-7-23-8-6-21)17-20-3-4-22(17)11-13;1-2/h1-4,9-11H,5-8,19H2;1-2H3. The average Bonchev–Trinajstić information content (AvgIpc) is 3.14. The highest BCUT2D eigenvalue weighted by molar-refractivity contribution is 5.78. The number of hydrogen-bond donors (Lipinski definition) is 1. The summed E-state index contributed by atoms with van der Waals surface area (Å²) in [6, 6.07) is 6.89. The fraction of sp³-hybridized carbons (Fsp3) is 0.316. The van der Waals surface area contributed by atoms with Gasteiger partial charge < -0.3 is 19.8 Å². The zero-order valence-electron chi connectivity index (χ0n) is 14.6. The highest BCUT2D eigenvalue weighted by Crippen LogP contribution is 2.30. The monoisotopic (exact) mass is 342 g/mol. The number of benzene rings is 1. The Morgan fingerprint density at radius 2 is 1.88 bits per heavy atom. The number of aromatic nitrogens is 2. The van der Waals surface area contributed by atoms with E-state index in [4.69, 9.17) is 10.5 Å². The van der Waals surface area contributed by atoms with Gasteiger partial charge in [0, 0.05) is 37.2 Å². The molecular formula is C19H23FN4O. The van der Waals surface area contributed by atoms with Crippen LogP contribution in [0.5, 0.6) is 0 Å². The molecule has 0 aliphatic carbocycles. The van der Waals surface area contributed by atoms with Gasteiger partial charge in [0.05, 0.1) is 24.6 Å². The molecule has 3 heterocycles. The summed E-state index contributed by atoms with van der Waals surface area (Å²) in [5, 5.41) is 0. The lowest BCUT2D eigenvalue weighted by molar-refractivity contribution is 0.123. The zero-order chi connectivity index (χ0) is 17.8. The third-order valence-electron chi connectivity index (χ3n) is 4.15. The summed E-state index contributed by atoms with van der Waals surface area (Å²) in [4.78, 5) is 6.72. The summed E-state index contributed by atoms with van der Waals surface area (Å²) in [6.07, 6.45) is 5.68. The second-order valence-corrected chi connectivity index (χ2v) is 5.61. The molecule has 2 aromatic heterocycles. The van der Waals surface area contributed by atoms with E-state index in [1.54, 1.807) is 18.3 Å². The van der Waals surface area contributed by atoms with Crippen LogP contribution in [0.4, 0.5) is 15.8 Å². The first-order chi connectivity index (χ1) is 12.2. The molecule has 1 aliphatic rings. The van der Waals surface area contributed by atoms with Gasteiger partial charge in [0.25, 0.3) is 0 Å². The molecule has 132 valence electrons. The molecule has 0 unspecified atom stereocenters. The highest BCUT2D eigenvalue weighted by Gasteiger charge is 2.17. The number of nitrogens with two attached hydrogens (primary N) is 1. The molecule has 2 N–H and O–H groups in total. The van der Waals surface area contributed by atoms with Crippen LogP contribution in [-0.2, 0) is 4.74 Å². The van der Waals surface area contributed by atoms with Gasteiger partial charge in [-0.25, -0.2) is 9.37 Å². The molecule has 3 aromatic rings. The normalized spacial score (nSPS) is 14.3. The van der Waals surface area contributed by atoms with Crippen LogP contribution in [0.25, 0.3) is 16.8 Å². The molecular weight excluding hydrogens is 319 g/mol. The minimum Gasteiger partial charge on any atom is -0.396 e. The number of halogens is 1. The maximum atomic E-state index is 13.4. The van der Waals surface area contributed by atoms with Gasteiger partial charge in [0.2, 0.25) is 0 Å². The van der Waals surface area contributed by atoms with E-state index in [-0.39, 0.29) is 5.69 Å². The van der Waals surface area contributed by atoms with Crippen molar-refractivity contribution in [3.05, 3.63) is 48.7 Å². The van der Waals surface area contributed by atoms with Crippen LogP contribution in [0.3, 0.4) is 0 Å². The van der Waals surface area contributed by atoms with Gasteiger partial charge in [-0.05, 0) is 23.8 Å². The summed E-state index contributed by atoms with van der Waals surface area (Å²) in [5.41, 5.74) is 9.69. The molecule has 0 saturated carbocycles. The van der Waals surface area contributed by atoms with Gasteiger partial charge in [-0.15, -0.1) is 0 Å². The molecule has 6 heteroatoms. The Balaban J connectivity index is 0.000000880. The van der Waals surface area contributed by atoms with Crippen molar-refractivity contribution in [3.8, 4) is 11.1 Å². The first-order valence-electron chi connectivity index (χ1n) is 8.57. The van der Waals surface area contributed by atoms with Crippen molar-refractivity contribution < 1.29 is 9.13 Å². The number of nitrogens with zero attached hydrogens (tertiary/aromatic N) is 3. The smallest absolute Gasteiger partial charge is 0.160 e. The van der Waals surface area contributed by atoms with Gasteiger partial charge in [-0.1, -0.05) is 19.9 Å². The Kier molecular flexibility index (Phi) is 5.19. The molecule has 0 amide bonds. The number of rotatable bonds is 2. The van der Waals surface area contributed by atoms with Crippen molar-refractivity contribution in [2.45, 2.75) is 13.8 Å². The van der Waals surface area contributed by atoms with E-state index in [1.807, 2.05) is 30.6 Å². The first-order valence-corrected chi connectivity index (χ1v) is 8.57. The van der Waals surface area contributed by atoms with Crippen LogP contribution >= 0.6 is 0 Å². The molecule has 0 bridgehead atoms. The summed E-state index contributed by atoms with van der Waals surface area (Å²) in [6.45, 7) is 7.08. The fourth-order valence-electron chi connectivity index (χ4n) is 2.93. The lowest BCUT2D eigenvalue weighted by Crippen LogP contribution is -2.36. The largest absolute Gasteiger partial charge is 0.396 e. The average molecular weight is 342 g/mol. The molecule has 25 heavy (non-hydrogen) atoms. The van der Waals surface area contributed by atoms with Crippen molar-refractivity contribution in [3.63, 3.8) is 0 Å². The molecule has 0 atom stereocenters. The SMILES string of the molecule is CC.Nc1cc(-c2cc(N3CCOCC3)c3nccn3c2)ccc1F. The van der Waals surface area contributed by atoms with Crippen LogP contribution in [0.15, 0.2) is 42.9 Å². The summed E-state index contributed by atoms with van der Waals surface area (Å²) < 4.78 is 20.8. The molecule has 1 aromatic carbocycles.